The first-order valence-corrected chi connectivity index (χ1v) is 4.19. The molecule has 0 radical (unpaired) electrons. The maximum absolute atomic E-state index is 5.58. The third-order valence-corrected chi connectivity index (χ3v) is 1.90. The van der Waals surface area contributed by atoms with Gasteiger partial charge in [0.15, 0.2) is 0 Å². The highest BCUT2D eigenvalue weighted by molar-refractivity contribution is 5.67. The molecule has 2 rings (SSSR count). The molecule has 4 heteroatoms. The van der Waals surface area contributed by atoms with Gasteiger partial charge in [-0.3, -0.25) is 0 Å². The van der Waals surface area contributed by atoms with Gasteiger partial charge in [0.1, 0.15) is 11.6 Å². The van der Waals surface area contributed by atoms with Gasteiger partial charge in [-0.25, -0.2) is 9.97 Å². The van der Waals surface area contributed by atoms with E-state index in [2.05, 4.69) is 9.97 Å². The fraction of sp³-hybridized carbons (Fsp3) is 0. The van der Waals surface area contributed by atoms with Crippen LogP contribution in [0.2, 0.25) is 0 Å². The Kier molecular flexibility index (Phi) is 2.02. The molecule has 0 aliphatic carbocycles. The second kappa shape index (κ2) is 3.33. The van der Waals surface area contributed by atoms with Gasteiger partial charge in [0.25, 0.3) is 0 Å². The van der Waals surface area contributed by atoms with Crippen molar-refractivity contribution in [2.45, 2.75) is 0 Å². The van der Waals surface area contributed by atoms with E-state index >= 15 is 0 Å². The first-order valence-electron chi connectivity index (χ1n) is 4.19. The van der Waals surface area contributed by atoms with Crippen molar-refractivity contribution >= 4 is 11.6 Å². The van der Waals surface area contributed by atoms with Crippen molar-refractivity contribution in [1.82, 2.24) is 9.97 Å². The van der Waals surface area contributed by atoms with Crippen LogP contribution in [-0.4, -0.2) is 9.97 Å². The van der Waals surface area contributed by atoms with Gasteiger partial charge in [0, 0.05) is 12.4 Å². The van der Waals surface area contributed by atoms with E-state index in [0.717, 1.165) is 11.1 Å². The Bertz CT molecular complexity index is 410. The van der Waals surface area contributed by atoms with E-state index in [1.54, 1.807) is 24.5 Å². The first-order chi connectivity index (χ1) is 6.75. The Morgan fingerprint density at radius 1 is 0.786 bits per heavy atom. The maximum Gasteiger partial charge on any atom is 0.123 e. The number of nitrogens with two attached hydrogens (primary N) is 2. The molecule has 14 heavy (non-hydrogen) atoms. The highest BCUT2D eigenvalue weighted by Gasteiger charge is 1.98. The van der Waals surface area contributed by atoms with E-state index in [1.807, 2.05) is 12.1 Å². The molecule has 0 spiro atoms. The summed E-state index contributed by atoms with van der Waals surface area (Å²) >= 11 is 0. The van der Waals surface area contributed by atoms with Gasteiger partial charge < -0.3 is 11.5 Å². The van der Waals surface area contributed by atoms with Crippen molar-refractivity contribution in [1.29, 1.82) is 0 Å². The van der Waals surface area contributed by atoms with Crippen LogP contribution in [0.3, 0.4) is 0 Å². The zero-order chi connectivity index (χ0) is 9.97. The van der Waals surface area contributed by atoms with Crippen molar-refractivity contribution in [2.75, 3.05) is 11.5 Å². The topological polar surface area (TPSA) is 77.8 Å². The maximum atomic E-state index is 5.58. The van der Waals surface area contributed by atoms with Crippen LogP contribution in [-0.2, 0) is 0 Å². The molecular weight excluding hydrogens is 176 g/mol. The summed E-state index contributed by atoms with van der Waals surface area (Å²) in [6, 6.07) is 7.36. The van der Waals surface area contributed by atoms with Gasteiger partial charge in [0.2, 0.25) is 0 Å². The molecule has 0 fully saturated rings. The third kappa shape index (κ3) is 1.64. The predicted octanol–water partition coefficient (Wildman–Crippen LogP) is 1.31. The fourth-order valence-electron chi connectivity index (χ4n) is 1.26. The minimum absolute atomic E-state index is 0.498. The van der Waals surface area contributed by atoms with Crippen LogP contribution in [0.15, 0.2) is 36.7 Å². The van der Waals surface area contributed by atoms with Crippen LogP contribution in [0, 0.1) is 0 Å². The van der Waals surface area contributed by atoms with Crippen molar-refractivity contribution in [3.05, 3.63) is 36.7 Å². The molecule has 4 N–H and O–H groups in total. The standard InChI is InChI=1S/C10H10N4/c11-9-5-7(1-3-13-9)8-2-4-14-10(12)6-8/h1-6H,(H2,11,13)(H2,12,14). The molecule has 4 nitrogen and oxygen atoms in total. The van der Waals surface area contributed by atoms with Gasteiger partial charge in [-0.1, -0.05) is 0 Å². The lowest BCUT2D eigenvalue weighted by Crippen LogP contribution is -1.92. The third-order valence-electron chi connectivity index (χ3n) is 1.90. The molecule has 0 amide bonds. The highest BCUT2D eigenvalue weighted by atomic mass is 14.8. The minimum atomic E-state index is 0.498. The average molecular weight is 186 g/mol. The van der Waals surface area contributed by atoms with E-state index in [1.165, 1.54) is 0 Å². The summed E-state index contributed by atoms with van der Waals surface area (Å²) in [5, 5.41) is 0. The minimum Gasteiger partial charge on any atom is -0.384 e. The van der Waals surface area contributed by atoms with Crippen LogP contribution in [0.1, 0.15) is 0 Å². The molecular formula is C10H10N4. The van der Waals surface area contributed by atoms with Crippen LogP contribution in [0.4, 0.5) is 11.6 Å². The number of pyridine rings is 2. The van der Waals surface area contributed by atoms with Gasteiger partial charge in [-0.05, 0) is 35.4 Å². The van der Waals surface area contributed by atoms with Crippen molar-refractivity contribution < 1.29 is 0 Å². The van der Waals surface area contributed by atoms with E-state index < -0.39 is 0 Å². The van der Waals surface area contributed by atoms with Crippen molar-refractivity contribution in [2.24, 2.45) is 0 Å². The molecule has 2 aromatic rings. The van der Waals surface area contributed by atoms with Crippen LogP contribution in [0.25, 0.3) is 11.1 Å². The van der Waals surface area contributed by atoms with Gasteiger partial charge in [-0.15, -0.1) is 0 Å². The van der Waals surface area contributed by atoms with E-state index in [0.29, 0.717) is 11.6 Å². The first kappa shape index (κ1) is 8.50. The zero-order valence-corrected chi connectivity index (χ0v) is 7.51. The summed E-state index contributed by atoms with van der Waals surface area (Å²) < 4.78 is 0. The summed E-state index contributed by atoms with van der Waals surface area (Å²) in [5.41, 5.74) is 13.1. The van der Waals surface area contributed by atoms with Crippen LogP contribution >= 0.6 is 0 Å². The Balaban J connectivity index is 2.49. The number of hydrogen-bond acceptors (Lipinski definition) is 4. The summed E-state index contributed by atoms with van der Waals surface area (Å²) in [5.74, 6) is 0.996. The normalized spacial score (nSPS) is 10.0. The lowest BCUT2D eigenvalue weighted by Gasteiger charge is -2.02. The van der Waals surface area contributed by atoms with Crippen LogP contribution < -0.4 is 11.5 Å². The molecule has 2 aromatic heterocycles. The van der Waals surface area contributed by atoms with Gasteiger partial charge in [0.05, 0.1) is 0 Å². The fourth-order valence-corrected chi connectivity index (χ4v) is 1.26. The molecule has 0 saturated carbocycles. The second-order valence-electron chi connectivity index (χ2n) is 2.94. The lowest BCUT2D eigenvalue weighted by atomic mass is 10.1. The summed E-state index contributed by atoms with van der Waals surface area (Å²) in [7, 11) is 0. The van der Waals surface area contributed by atoms with Crippen molar-refractivity contribution in [3.8, 4) is 11.1 Å². The van der Waals surface area contributed by atoms with E-state index in [-0.39, 0.29) is 0 Å². The smallest absolute Gasteiger partial charge is 0.123 e. The van der Waals surface area contributed by atoms with Crippen molar-refractivity contribution in [3.63, 3.8) is 0 Å². The zero-order valence-electron chi connectivity index (χ0n) is 7.51. The lowest BCUT2D eigenvalue weighted by molar-refractivity contribution is 1.32. The molecule has 0 aromatic carbocycles. The summed E-state index contributed by atoms with van der Waals surface area (Å²) in [6.45, 7) is 0. The highest BCUT2D eigenvalue weighted by Crippen LogP contribution is 2.20. The summed E-state index contributed by atoms with van der Waals surface area (Å²) in [4.78, 5) is 7.84. The number of nitrogens with zero attached hydrogens (tertiary/aromatic N) is 2. The molecule has 0 atom stereocenters. The molecule has 0 unspecified atom stereocenters. The SMILES string of the molecule is Nc1cc(-c2ccnc(N)c2)ccn1. The number of anilines is 2. The molecule has 0 saturated heterocycles. The monoisotopic (exact) mass is 186 g/mol. The molecule has 0 aliphatic rings. The quantitative estimate of drug-likeness (QED) is 0.703. The number of hydrogen-bond donors (Lipinski definition) is 2. The Morgan fingerprint density at radius 2 is 1.21 bits per heavy atom. The Hall–Kier alpha value is -2.10. The summed E-state index contributed by atoms with van der Waals surface area (Å²) in [6.07, 6.45) is 3.34. The molecule has 2 heterocycles. The molecule has 70 valence electrons. The Labute approximate surface area is 81.6 Å². The van der Waals surface area contributed by atoms with Gasteiger partial charge in [-0.2, -0.15) is 0 Å². The molecule has 0 bridgehead atoms. The largest absolute Gasteiger partial charge is 0.384 e. The van der Waals surface area contributed by atoms with E-state index in [9.17, 15) is 0 Å². The second-order valence-corrected chi connectivity index (χ2v) is 2.94. The number of aromatic nitrogens is 2. The van der Waals surface area contributed by atoms with Gasteiger partial charge >= 0.3 is 0 Å². The average Bonchev–Trinajstić information content (AvgIpc) is 2.18. The molecule has 0 aliphatic heterocycles. The van der Waals surface area contributed by atoms with E-state index in [4.69, 9.17) is 11.5 Å². The number of nitrogen functional groups attached to an aromatic ring is 2. The number of rotatable bonds is 1. The predicted molar refractivity (Wildman–Crippen MR) is 56.3 cm³/mol. The Morgan fingerprint density at radius 3 is 1.57 bits per heavy atom. The van der Waals surface area contributed by atoms with Crippen LogP contribution in [0.5, 0.6) is 0 Å².